The fraction of sp³-hybridized carbons (Fsp3) is 0.556. The van der Waals surface area contributed by atoms with Gasteiger partial charge in [-0.3, -0.25) is 9.59 Å². The van der Waals surface area contributed by atoms with Gasteiger partial charge in [-0.1, -0.05) is 57.2 Å². The molecular formula is C45H56N2O5. The molecule has 1 aromatic carbocycles. The summed E-state index contributed by atoms with van der Waals surface area (Å²) in [5.41, 5.74) is 11.8. The van der Waals surface area contributed by atoms with Crippen molar-refractivity contribution in [3.05, 3.63) is 88.7 Å². The molecule has 2 saturated carbocycles. The molecule has 2 aliphatic heterocycles. The van der Waals surface area contributed by atoms with E-state index in [1.165, 1.54) is 11.3 Å². The van der Waals surface area contributed by atoms with E-state index in [0.29, 0.717) is 29.9 Å². The Hall–Kier alpha value is -3.52. The molecule has 3 heterocycles. The summed E-state index contributed by atoms with van der Waals surface area (Å²) in [5.74, 6) is -0.199. The molecule has 8 rings (SSSR count). The minimum Gasteiger partial charge on any atom is -0.392 e. The van der Waals surface area contributed by atoms with Gasteiger partial charge in [0, 0.05) is 39.0 Å². The predicted octanol–water partition coefficient (Wildman–Crippen LogP) is 8.14. The Morgan fingerprint density at radius 1 is 1.12 bits per heavy atom. The van der Waals surface area contributed by atoms with E-state index in [4.69, 9.17) is 10.5 Å². The maximum atomic E-state index is 14.9. The third-order valence-corrected chi connectivity index (χ3v) is 15.0. The minimum atomic E-state index is -0.861. The zero-order chi connectivity index (χ0) is 37.7. The summed E-state index contributed by atoms with van der Waals surface area (Å²) < 4.78 is 8.88. The molecule has 7 heteroatoms. The predicted molar refractivity (Wildman–Crippen MR) is 206 cm³/mol. The van der Waals surface area contributed by atoms with E-state index in [2.05, 4.69) is 84.4 Å². The van der Waals surface area contributed by atoms with Crippen molar-refractivity contribution >= 4 is 28.2 Å². The molecule has 1 amide bonds. The van der Waals surface area contributed by atoms with Crippen LogP contribution in [-0.2, 0) is 21.4 Å². The largest absolute Gasteiger partial charge is 0.392 e. The zero-order valence-corrected chi connectivity index (χ0v) is 32.2. The highest BCUT2D eigenvalue weighted by molar-refractivity contribution is 6.18. The van der Waals surface area contributed by atoms with Crippen molar-refractivity contribution in [1.82, 2.24) is 4.57 Å². The minimum absolute atomic E-state index is 0.0244. The molecule has 4 aliphatic carbocycles. The molecular weight excluding hydrogens is 649 g/mol. The van der Waals surface area contributed by atoms with E-state index in [-0.39, 0.29) is 28.4 Å². The van der Waals surface area contributed by atoms with Crippen LogP contribution < -0.4 is 5.73 Å². The van der Waals surface area contributed by atoms with Gasteiger partial charge in [0.25, 0.3) is 0 Å². The quantitative estimate of drug-likeness (QED) is 0.160. The number of benzene rings is 1. The number of nitrogens with two attached hydrogens (primary N) is 1. The Morgan fingerprint density at radius 2 is 1.83 bits per heavy atom. The molecule has 0 radical (unpaired) electrons. The number of ether oxygens (including phenoxy) is 1. The van der Waals surface area contributed by atoms with E-state index in [9.17, 15) is 19.8 Å². The first-order valence-electron chi connectivity index (χ1n) is 19.3. The molecule has 52 heavy (non-hydrogen) atoms. The summed E-state index contributed by atoms with van der Waals surface area (Å²) in [7, 11) is 0. The molecule has 2 aromatic rings. The first kappa shape index (κ1) is 35.5. The highest BCUT2D eigenvalue weighted by atomic mass is 16.5. The van der Waals surface area contributed by atoms with Crippen LogP contribution in [0.3, 0.4) is 0 Å². The van der Waals surface area contributed by atoms with E-state index in [1.807, 2.05) is 13.0 Å². The molecule has 4 N–H and O–H groups in total. The van der Waals surface area contributed by atoms with Crippen LogP contribution in [0.2, 0.25) is 0 Å². The monoisotopic (exact) mass is 704 g/mol. The van der Waals surface area contributed by atoms with Crippen molar-refractivity contribution in [2.75, 3.05) is 0 Å². The van der Waals surface area contributed by atoms with Crippen molar-refractivity contribution in [3.63, 3.8) is 0 Å². The number of hydrogen-bond donors (Lipinski definition) is 3. The average Bonchev–Trinajstić information content (AvgIpc) is 3.71. The number of fused-ring (bicyclic) bond motifs is 11. The van der Waals surface area contributed by atoms with Gasteiger partial charge in [0.1, 0.15) is 6.04 Å². The van der Waals surface area contributed by atoms with Gasteiger partial charge in [-0.05, 0) is 119 Å². The van der Waals surface area contributed by atoms with Crippen molar-refractivity contribution in [3.8, 4) is 0 Å². The summed E-state index contributed by atoms with van der Waals surface area (Å²) in [4.78, 5) is 27.0. The second kappa shape index (κ2) is 11.0. The number of nitrogens with zero attached hydrogens (tertiary/aromatic N) is 1. The number of aliphatic hydroxyl groups is 2. The summed E-state index contributed by atoms with van der Waals surface area (Å²) >= 11 is 0. The Balaban J connectivity index is 1.34. The van der Waals surface area contributed by atoms with E-state index < -0.39 is 40.8 Å². The lowest BCUT2D eigenvalue weighted by atomic mass is 9.40. The topological polar surface area (TPSA) is 115 Å². The second-order valence-electron chi connectivity index (χ2n) is 18.7. The first-order valence-corrected chi connectivity index (χ1v) is 19.3. The van der Waals surface area contributed by atoms with Gasteiger partial charge >= 0.3 is 0 Å². The van der Waals surface area contributed by atoms with Gasteiger partial charge in [-0.25, -0.2) is 0 Å². The van der Waals surface area contributed by atoms with Crippen LogP contribution in [0, 0.1) is 28.6 Å². The van der Waals surface area contributed by atoms with Gasteiger partial charge < -0.3 is 25.3 Å². The van der Waals surface area contributed by atoms with Crippen LogP contribution in [0.25, 0.3) is 16.5 Å². The van der Waals surface area contributed by atoms with E-state index in [0.717, 1.165) is 58.9 Å². The molecule has 0 unspecified atom stereocenters. The van der Waals surface area contributed by atoms with Crippen molar-refractivity contribution in [2.45, 2.75) is 129 Å². The molecule has 6 aliphatic rings. The van der Waals surface area contributed by atoms with Gasteiger partial charge in [-0.2, -0.15) is 0 Å². The molecule has 9 atom stereocenters. The fourth-order valence-corrected chi connectivity index (χ4v) is 12.9. The number of ketones is 1. The molecule has 1 aromatic heterocycles. The third-order valence-electron chi connectivity index (χ3n) is 15.0. The molecule has 276 valence electrons. The van der Waals surface area contributed by atoms with Crippen molar-refractivity contribution in [2.24, 2.45) is 34.3 Å². The van der Waals surface area contributed by atoms with Gasteiger partial charge in [0.2, 0.25) is 5.91 Å². The summed E-state index contributed by atoms with van der Waals surface area (Å²) in [6.07, 6.45) is 13.1. The van der Waals surface area contributed by atoms with Crippen LogP contribution in [-0.4, -0.2) is 43.8 Å². The normalized spacial score (nSPS) is 38.1. The van der Waals surface area contributed by atoms with Gasteiger partial charge in [-0.15, -0.1) is 6.58 Å². The molecule has 0 spiro atoms. The molecule has 2 fully saturated rings. The van der Waals surface area contributed by atoms with Crippen molar-refractivity contribution < 1.29 is 24.5 Å². The second-order valence-corrected chi connectivity index (χ2v) is 18.7. The standard InChI is InChI=1S/C45H56N2O5/c1-11-13-24(40(46)51)14-12-18-43(8)30-16-15-25-20-28-27-21-26-29-22-41(4,5)52-42(6,7)34(29)37(49)32(26)33-36(27)47(35(23(2)3)38(33)50)39(28)45(25,10)44(30,9)19-17-31(43)48/h11-12,14,18,21-22,25,30-31,34-35,37,48-49H,1-2,13,15-17,19-20H2,3-10H3,(H2,46,51)/b18-12+,24-14+/t25-,30-,31-,34+,35-,37+,43-,44-,45+/m0/s1. The van der Waals surface area contributed by atoms with Crippen LogP contribution in [0.1, 0.15) is 132 Å². The summed E-state index contributed by atoms with van der Waals surface area (Å²) in [6.45, 7) is 25.4. The number of carbonyl (C=O) groups is 2. The summed E-state index contributed by atoms with van der Waals surface area (Å²) in [5, 5.41) is 25.1. The molecule has 0 bridgehead atoms. The lowest BCUT2D eigenvalue weighted by Gasteiger charge is -2.64. The maximum absolute atomic E-state index is 14.9. The van der Waals surface area contributed by atoms with Crippen molar-refractivity contribution in [1.29, 1.82) is 0 Å². The Morgan fingerprint density at radius 3 is 2.48 bits per heavy atom. The van der Waals surface area contributed by atoms with Gasteiger partial charge in [0.15, 0.2) is 5.78 Å². The SMILES string of the molecule is C=CC/C(=C\C=C\[C@]1(C)[C@@H](O)CC[C@@]2(C)[C@H]1CC[C@H]1Cc3c(n4c5c(c6c(cc35)C3=CC(C)(C)OC(C)(C)[C@H]3[C@@H]6O)C(=O)[C@@H]4C(=C)C)[C@@]12C)C(N)=O. The Bertz CT molecular complexity index is 2090. The number of rotatable bonds is 6. The first-order chi connectivity index (χ1) is 24.2. The van der Waals surface area contributed by atoms with Crippen LogP contribution in [0.15, 0.2) is 60.8 Å². The number of carbonyl (C=O) groups excluding carboxylic acids is 2. The average molecular weight is 705 g/mol. The van der Waals surface area contributed by atoms with Crippen LogP contribution in [0.4, 0.5) is 0 Å². The van der Waals surface area contributed by atoms with Gasteiger partial charge in [0.05, 0.1) is 34.5 Å². The zero-order valence-electron chi connectivity index (χ0n) is 32.2. The lowest BCUT2D eigenvalue weighted by Crippen LogP contribution is -2.62. The fourth-order valence-electron chi connectivity index (χ4n) is 12.9. The van der Waals surface area contributed by atoms with Crippen LogP contribution >= 0.6 is 0 Å². The Labute approximate surface area is 308 Å². The lowest BCUT2D eigenvalue weighted by molar-refractivity contribution is -0.144. The third kappa shape index (κ3) is 4.30. The number of allylic oxidation sites excluding steroid dienone is 4. The molecule has 7 nitrogen and oxygen atoms in total. The Kier molecular flexibility index (Phi) is 7.52. The maximum Gasteiger partial charge on any atom is 0.244 e. The highest BCUT2D eigenvalue weighted by Gasteiger charge is 2.67. The number of hydrogen-bond acceptors (Lipinski definition) is 5. The highest BCUT2D eigenvalue weighted by Crippen LogP contribution is 2.71. The smallest absolute Gasteiger partial charge is 0.244 e. The number of amides is 1. The number of primary amides is 1. The number of aromatic nitrogens is 1. The molecule has 0 saturated heterocycles. The van der Waals surface area contributed by atoms with Crippen LogP contribution in [0.5, 0.6) is 0 Å². The summed E-state index contributed by atoms with van der Waals surface area (Å²) in [6, 6.07) is 1.76. The van der Waals surface area contributed by atoms with E-state index in [1.54, 1.807) is 12.2 Å². The number of Topliss-reactive ketones (excluding diaryl/α,β-unsaturated/α-hetero) is 1. The number of aliphatic hydroxyl groups excluding tert-OH is 2. The van der Waals surface area contributed by atoms with E-state index >= 15 is 0 Å².